The van der Waals surface area contributed by atoms with Gasteiger partial charge in [-0.2, -0.15) is 4.98 Å². The number of nitrogens with one attached hydrogen (secondary N) is 1. The Balaban J connectivity index is 1.69. The number of amides is 1. The van der Waals surface area contributed by atoms with Crippen LogP contribution in [0.1, 0.15) is 44.9 Å². The van der Waals surface area contributed by atoms with E-state index in [1.807, 2.05) is 32.6 Å². The van der Waals surface area contributed by atoms with Crippen LogP contribution in [0.3, 0.4) is 0 Å². The number of carbonyl (C=O) groups excluding carboxylic acids is 1. The minimum Gasteiger partial charge on any atom is -0.383 e. The lowest BCUT2D eigenvalue weighted by atomic mass is 9.99. The number of carbonyl (C=O) groups is 1. The number of aromatic nitrogens is 4. The fourth-order valence-corrected chi connectivity index (χ4v) is 6.19. The van der Waals surface area contributed by atoms with E-state index in [4.69, 9.17) is 4.98 Å². The van der Waals surface area contributed by atoms with E-state index in [1.165, 1.54) is 22.8 Å². The first-order valence-corrected chi connectivity index (χ1v) is 14.4. The second-order valence-corrected chi connectivity index (χ2v) is 11.5. The molecule has 3 aromatic heterocycles. The van der Waals surface area contributed by atoms with Crippen LogP contribution in [0, 0.1) is 11.6 Å². The molecule has 43 heavy (non-hydrogen) atoms. The maximum absolute atomic E-state index is 16.1. The summed E-state index contributed by atoms with van der Waals surface area (Å²) >= 11 is 0. The van der Waals surface area contributed by atoms with Crippen molar-refractivity contribution in [3.05, 3.63) is 82.6 Å². The molecular weight excluding hydrogens is 552 g/mol. The van der Waals surface area contributed by atoms with Gasteiger partial charge in [-0.3, -0.25) is 9.78 Å². The summed E-state index contributed by atoms with van der Waals surface area (Å²) in [5.74, 6) is -1.33. The van der Waals surface area contributed by atoms with Crippen LogP contribution in [-0.2, 0) is 11.2 Å². The topological polar surface area (TPSA) is 96.3 Å². The highest BCUT2D eigenvalue weighted by molar-refractivity contribution is 5.92. The van der Waals surface area contributed by atoms with Crippen molar-refractivity contribution in [3.8, 4) is 16.9 Å². The minimum absolute atomic E-state index is 0.0627. The molecule has 1 saturated heterocycles. The third kappa shape index (κ3) is 4.72. The molecule has 0 unspecified atom stereocenters. The van der Waals surface area contributed by atoms with E-state index in [2.05, 4.69) is 21.9 Å². The minimum atomic E-state index is -0.726. The second kappa shape index (κ2) is 10.9. The van der Waals surface area contributed by atoms with E-state index in [0.29, 0.717) is 54.1 Å². The average molecular weight is 586 g/mol. The molecule has 0 radical (unpaired) electrons. The van der Waals surface area contributed by atoms with Crippen molar-refractivity contribution in [3.63, 3.8) is 0 Å². The SMILES string of the molecule is C=CC(=O)N1C[C@H](C)N(c2nc(=O)n3c4nc(c(F)cc24)-c2c(F)cccc2CCNc2ccnc(C(C)C)c2-3)C[C@H]1C. The number of fused-ring (bicyclic) bond motifs is 5. The molecule has 4 aromatic rings. The van der Waals surface area contributed by atoms with Crippen LogP contribution < -0.4 is 15.9 Å². The molecule has 1 N–H and O–H groups in total. The first-order chi connectivity index (χ1) is 20.6. The lowest BCUT2D eigenvalue weighted by Crippen LogP contribution is -2.58. The molecule has 2 bridgehead atoms. The second-order valence-electron chi connectivity index (χ2n) is 11.5. The largest absolute Gasteiger partial charge is 0.383 e. The molecule has 2 aliphatic heterocycles. The molecule has 1 amide bonds. The van der Waals surface area contributed by atoms with Gasteiger partial charge in [0, 0.05) is 43.5 Å². The van der Waals surface area contributed by atoms with Gasteiger partial charge in [-0.05, 0) is 56.0 Å². The highest BCUT2D eigenvalue weighted by atomic mass is 19.1. The highest BCUT2D eigenvalue weighted by Crippen LogP contribution is 2.37. The quantitative estimate of drug-likeness (QED) is 0.345. The fraction of sp³-hybridized carbons (Fsp3) is 0.344. The molecule has 2 aliphatic rings. The number of hydrogen-bond donors (Lipinski definition) is 1. The zero-order valence-corrected chi connectivity index (χ0v) is 24.6. The highest BCUT2D eigenvalue weighted by Gasteiger charge is 2.34. The number of halogens is 2. The van der Waals surface area contributed by atoms with Crippen LogP contribution >= 0.6 is 0 Å². The van der Waals surface area contributed by atoms with Crippen LogP contribution in [0.15, 0.2) is 54.0 Å². The normalized spacial score (nSPS) is 18.2. The van der Waals surface area contributed by atoms with Crippen LogP contribution in [0.25, 0.3) is 28.0 Å². The van der Waals surface area contributed by atoms with Crippen LogP contribution in [-0.4, -0.2) is 62.0 Å². The fourth-order valence-electron chi connectivity index (χ4n) is 6.19. The van der Waals surface area contributed by atoms with Crippen LogP contribution in [0.5, 0.6) is 0 Å². The number of anilines is 2. The van der Waals surface area contributed by atoms with Gasteiger partial charge in [0.15, 0.2) is 5.65 Å². The smallest absolute Gasteiger partial charge is 0.355 e. The van der Waals surface area contributed by atoms with Crippen LogP contribution in [0.4, 0.5) is 20.3 Å². The molecule has 9 nitrogen and oxygen atoms in total. The number of rotatable bonds is 3. The Morgan fingerprint density at radius 3 is 2.65 bits per heavy atom. The maximum Gasteiger partial charge on any atom is 0.355 e. The Morgan fingerprint density at radius 1 is 1.12 bits per heavy atom. The maximum atomic E-state index is 16.1. The first kappa shape index (κ1) is 28.4. The standard InChI is InChI=1S/C32H33F2N7O2/c1-6-25(42)39-15-19(5)40(16-18(39)4)30-21-14-23(34)28-26-20(8-7-9-22(26)33)10-12-35-24-11-13-36-27(17(2)3)29(24)41(31(21)37-28)32(43)38-30/h6-9,11,13-14,17-19,35H,1,10,12,15-16H2,2-5H3/t18-,19+/m1/s1. The van der Waals surface area contributed by atoms with Crippen LogP contribution in [0.2, 0.25) is 0 Å². The number of benzene rings is 1. The third-order valence-corrected chi connectivity index (χ3v) is 8.29. The molecule has 0 spiro atoms. The lowest BCUT2D eigenvalue weighted by molar-refractivity contribution is -0.128. The van der Waals surface area contributed by atoms with Crippen molar-refractivity contribution in [2.75, 3.05) is 29.9 Å². The molecule has 1 aromatic carbocycles. The van der Waals surface area contributed by atoms with Crippen molar-refractivity contribution >= 4 is 28.4 Å². The summed E-state index contributed by atoms with van der Waals surface area (Å²) in [5, 5.41) is 3.69. The molecule has 11 heteroatoms. The predicted molar refractivity (Wildman–Crippen MR) is 163 cm³/mol. The summed E-state index contributed by atoms with van der Waals surface area (Å²) in [5.41, 5.74) is 1.76. The number of nitrogens with zero attached hydrogens (tertiary/aromatic N) is 6. The van der Waals surface area contributed by atoms with Crippen molar-refractivity contribution in [1.82, 2.24) is 24.4 Å². The summed E-state index contributed by atoms with van der Waals surface area (Å²) in [6, 6.07) is 7.23. The summed E-state index contributed by atoms with van der Waals surface area (Å²) in [6.07, 6.45) is 3.35. The van der Waals surface area contributed by atoms with E-state index in [-0.39, 0.29) is 46.6 Å². The Morgan fingerprint density at radius 2 is 1.91 bits per heavy atom. The molecule has 0 aliphatic carbocycles. The monoisotopic (exact) mass is 585 g/mol. The van der Waals surface area contributed by atoms with Crippen molar-refractivity contribution < 1.29 is 13.6 Å². The molecular formula is C32H33F2N7O2. The number of pyridine rings is 2. The van der Waals surface area contributed by atoms with Crippen molar-refractivity contribution in [1.29, 1.82) is 0 Å². The summed E-state index contributed by atoms with van der Waals surface area (Å²) < 4.78 is 32.9. The Bertz CT molecular complexity index is 1840. The van der Waals surface area contributed by atoms with Gasteiger partial charge in [0.25, 0.3) is 0 Å². The van der Waals surface area contributed by atoms with Crippen molar-refractivity contribution in [2.24, 2.45) is 0 Å². The molecule has 1 fully saturated rings. The lowest BCUT2D eigenvalue weighted by Gasteiger charge is -2.44. The van der Waals surface area contributed by atoms with E-state index in [9.17, 15) is 9.59 Å². The summed E-state index contributed by atoms with van der Waals surface area (Å²) in [6.45, 7) is 12.5. The number of hydrogen-bond acceptors (Lipinski definition) is 7. The van der Waals surface area contributed by atoms with E-state index in [1.54, 1.807) is 29.3 Å². The molecule has 6 rings (SSSR count). The zero-order chi connectivity index (χ0) is 30.6. The summed E-state index contributed by atoms with van der Waals surface area (Å²) in [4.78, 5) is 44.1. The molecule has 0 saturated carbocycles. The Hall–Kier alpha value is -4.67. The Labute approximate surface area is 247 Å². The Kier molecular flexibility index (Phi) is 7.19. The van der Waals surface area contributed by atoms with Gasteiger partial charge < -0.3 is 15.1 Å². The van der Waals surface area contributed by atoms with Gasteiger partial charge >= 0.3 is 5.69 Å². The van der Waals surface area contributed by atoms with Gasteiger partial charge in [-0.1, -0.05) is 32.6 Å². The van der Waals surface area contributed by atoms with Gasteiger partial charge in [0.2, 0.25) is 5.91 Å². The van der Waals surface area contributed by atoms with Crippen molar-refractivity contribution in [2.45, 2.75) is 52.1 Å². The van der Waals surface area contributed by atoms with E-state index < -0.39 is 17.3 Å². The van der Waals surface area contributed by atoms with Gasteiger partial charge in [0.1, 0.15) is 23.1 Å². The molecule has 5 heterocycles. The van der Waals surface area contributed by atoms with Gasteiger partial charge in [-0.25, -0.2) is 23.1 Å². The third-order valence-electron chi connectivity index (χ3n) is 8.29. The van der Waals surface area contributed by atoms with Gasteiger partial charge in [-0.15, -0.1) is 0 Å². The van der Waals surface area contributed by atoms with E-state index in [0.717, 1.165) is 0 Å². The first-order valence-electron chi connectivity index (χ1n) is 14.4. The zero-order valence-electron chi connectivity index (χ0n) is 24.6. The average Bonchev–Trinajstić information content (AvgIpc) is 3.00. The summed E-state index contributed by atoms with van der Waals surface area (Å²) in [7, 11) is 0. The molecule has 222 valence electrons. The number of piperazine rings is 1. The van der Waals surface area contributed by atoms with Gasteiger partial charge in [0.05, 0.1) is 22.5 Å². The molecule has 2 atom stereocenters. The van der Waals surface area contributed by atoms with E-state index >= 15 is 8.78 Å². The predicted octanol–water partition coefficient (Wildman–Crippen LogP) is 4.82.